The number of hydrogen-bond acceptors (Lipinski definition) is 2. The third-order valence-corrected chi connectivity index (χ3v) is 3.00. The van der Waals surface area contributed by atoms with E-state index in [0.29, 0.717) is 18.9 Å². The first-order chi connectivity index (χ1) is 6.54. The van der Waals surface area contributed by atoms with Crippen LogP contribution in [-0.4, -0.2) is 35.5 Å². The normalized spacial score (nSPS) is 27.9. The van der Waals surface area contributed by atoms with Gasteiger partial charge in [-0.1, -0.05) is 13.3 Å². The number of carboxylic acids is 1. The highest BCUT2D eigenvalue weighted by Gasteiger charge is 2.32. The van der Waals surface area contributed by atoms with E-state index in [0.717, 1.165) is 6.42 Å². The van der Waals surface area contributed by atoms with Crippen molar-refractivity contribution < 1.29 is 14.7 Å². The summed E-state index contributed by atoms with van der Waals surface area (Å²) in [6.45, 7) is 2.75. The summed E-state index contributed by atoms with van der Waals surface area (Å²) in [6, 6.07) is 0. The van der Waals surface area contributed by atoms with Crippen LogP contribution in [0.15, 0.2) is 0 Å². The van der Waals surface area contributed by atoms with Gasteiger partial charge in [0.15, 0.2) is 0 Å². The van der Waals surface area contributed by atoms with Crippen molar-refractivity contribution in [1.82, 2.24) is 4.90 Å². The highest BCUT2D eigenvalue weighted by molar-refractivity contribution is 5.78. The molecule has 0 aromatic rings. The third kappa shape index (κ3) is 2.47. The summed E-state index contributed by atoms with van der Waals surface area (Å²) in [5.74, 6) is -0.359. The molecule has 2 unspecified atom stereocenters. The Hall–Kier alpha value is -1.06. The topological polar surface area (TPSA) is 57.6 Å². The van der Waals surface area contributed by atoms with E-state index < -0.39 is 5.97 Å². The number of carbonyl (C=O) groups is 2. The Kier molecular flexibility index (Phi) is 3.49. The molecule has 1 N–H and O–H groups in total. The fraction of sp³-hybridized carbons (Fsp3) is 0.800. The number of carboxylic acid groups (broad SMARTS) is 1. The van der Waals surface area contributed by atoms with E-state index >= 15 is 0 Å². The van der Waals surface area contributed by atoms with Crippen LogP contribution in [0.2, 0.25) is 0 Å². The number of carbonyl (C=O) groups excluding carboxylic acids is 1. The lowest BCUT2D eigenvalue weighted by molar-refractivity contribution is -0.141. The lowest BCUT2D eigenvalue weighted by Crippen LogP contribution is -2.42. The maximum atomic E-state index is 11.4. The van der Waals surface area contributed by atoms with Gasteiger partial charge in [-0.25, -0.2) is 0 Å². The molecule has 1 aliphatic heterocycles. The third-order valence-electron chi connectivity index (χ3n) is 3.00. The number of piperidine rings is 1. The van der Waals surface area contributed by atoms with E-state index in [9.17, 15) is 9.59 Å². The van der Waals surface area contributed by atoms with E-state index in [4.69, 9.17) is 5.11 Å². The summed E-state index contributed by atoms with van der Waals surface area (Å²) in [7, 11) is 1.78. The van der Waals surface area contributed by atoms with Gasteiger partial charge in [0.1, 0.15) is 0 Å². The van der Waals surface area contributed by atoms with Gasteiger partial charge in [0.2, 0.25) is 5.91 Å². The fourth-order valence-corrected chi connectivity index (χ4v) is 2.08. The van der Waals surface area contributed by atoms with Crippen molar-refractivity contribution in [3.05, 3.63) is 0 Å². The van der Waals surface area contributed by atoms with E-state index in [2.05, 4.69) is 0 Å². The molecule has 0 aromatic heterocycles. The van der Waals surface area contributed by atoms with Crippen LogP contribution in [0.1, 0.15) is 26.2 Å². The average molecular weight is 199 g/mol. The molecule has 0 bridgehead atoms. The predicted octanol–water partition coefficient (Wildman–Crippen LogP) is 0.966. The standard InChI is InChI=1S/C10H17NO3/c1-3-7-6-11(2)9(12)4-8(7)5-10(13)14/h7-8H,3-6H2,1-2H3,(H,13,14). The molecule has 14 heavy (non-hydrogen) atoms. The number of likely N-dealkylation sites (tertiary alicyclic amines) is 1. The number of amides is 1. The van der Waals surface area contributed by atoms with Gasteiger partial charge in [-0.15, -0.1) is 0 Å². The largest absolute Gasteiger partial charge is 0.481 e. The average Bonchev–Trinajstić information content (AvgIpc) is 2.10. The van der Waals surface area contributed by atoms with E-state index in [1.807, 2.05) is 6.92 Å². The van der Waals surface area contributed by atoms with Gasteiger partial charge in [-0.05, 0) is 11.8 Å². The molecule has 2 atom stereocenters. The maximum absolute atomic E-state index is 11.4. The molecule has 1 heterocycles. The Morgan fingerprint density at radius 2 is 2.21 bits per heavy atom. The van der Waals surface area contributed by atoms with Crippen LogP contribution in [0.25, 0.3) is 0 Å². The van der Waals surface area contributed by atoms with Crippen molar-refractivity contribution in [2.75, 3.05) is 13.6 Å². The number of rotatable bonds is 3. The molecular weight excluding hydrogens is 182 g/mol. The van der Waals surface area contributed by atoms with Crippen molar-refractivity contribution in [1.29, 1.82) is 0 Å². The Labute approximate surface area is 83.9 Å². The van der Waals surface area contributed by atoms with Crippen molar-refractivity contribution in [2.45, 2.75) is 26.2 Å². The monoisotopic (exact) mass is 199 g/mol. The molecule has 0 radical (unpaired) electrons. The molecule has 1 aliphatic rings. The van der Waals surface area contributed by atoms with Crippen LogP contribution >= 0.6 is 0 Å². The Morgan fingerprint density at radius 3 is 2.71 bits per heavy atom. The molecule has 80 valence electrons. The second-order valence-corrected chi connectivity index (χ2v) is 4.00. The highest BCUT2D eigenvalue weighted by atomic mass is 16.4. The van der Waals surface area contributed by atoms with E-state index in [1.54, 1.807) is 11.9 Å². The lowest BCUT2D eigenvalue weighted by atomic mass is 9.81. The summed E-state index contributed by atoms with van der Waals surface area (Å²) in [4.78, 5) is 23.7. The van der Waals surface area contributed by atoms with Gasteiger partial charge in [0.25, 0.3) is 0 Å². The zero-order valence-electron chi connectivity index (χ0n) is 8.69. The van der Waals surface area contributed by atoms with Gasteiger partial charge in [0, 0.05) is 26.4 Å². The van der Waals surface area contributed by atoms with Gasteiger partial charge < -0.3 is 10.0 Å². The minimum atomic E-state index is -0.800. The summed E-state index contributed by atoms with van der Waals surface area (Å²) < 4.78 is 0. The summed E-state index contributed by atoms with van der Waals surface area (Å²) >= 11 is 0. The quantitative estimate of drug-likeness (QED) is 0.736. The van der Waals surface area contributed by atoms with Crippen LogP contribution in [0.4, 0.5) is 0 Å². The zero-order valence-corrected chi connectivity index (χ0v) is 8.69. The number of nitrogens with zero attached hydrogens (tertiary/aromatic N) is 1. The van der Waals surface area contributed by atoms with Crippen LogP contribution in [0.5, 0.6) is 0 Å². The molecule has 0 saturated carbocycles. The second kappa shape index (κ2) is 4.44. The van der Waals surface area contributed by atoms with Gasteiger partial charge in [-0.3, -0.25) is 9.59 Å². The first-order valence-electron chi connectivity index (χ1n) is 5.00. The minimum Gasteiger partial charge on any atom is -0.481 e. The summed E-state index contributed by atoms with van der Waals surface area (Å²) in [5, 5.41) is 8.71. The molecule has 4 heteroatoms. The van der Waals surface area contributed by atoms with Crippen molar-refractivity contribution in [2.24, 2.45) is 11.8 Å². The smallest absolute Gasteiger partial charge is 0.303 e. The number of aliphatic carboxylic acids is 1. The van der Waals surface area contributed by atoms with Crippen LogP contribution in [0.3, 0.4) is 0 Å². The van der Waals surface area contributed by atoms with Crippen molar-refractivity contribution in [3.63, 3.8) is 0 Å². The molecule has 1 amide bonds. The second-order valence-electron chi connectivity index (χ2n) is 4.00. The predicted molar refractivity (Wildman–Crippen MR) is 51.8 cm³/mol. The SMILES string of the molecule is CCC1CN(C)C(=O)CC1CC(=O)O. The zero-order chi connectivity index (χ0) is 10.7. The molecule has 0 aliphatic carbocycles. The molecule has 0 aromatic carbocycles. The minimum absolute atomic E-state index is 0.0289. The van der Waals surface area contributed by atoms with Crippen LogP contribution in [-0.2, 0) is 9.59 Å². The first-order valence-corrected chi connectivity index (χ1v) is 5.00. The molecular formula is C10H17NO3. The molecule has 4 nitrogen and oxygen atoms in total. The van der Waals surface area contributed by atoms with Crippen LogP contribution < -0.4 is 0 Å². The molecule has 1 saturated heterocycles. The maximum Gasteiger partial charge on any atom is 0.303 e. The van der Waals surface area contributed by atoms with Gasteiger partial charge in [0.05, 0.1) is 0 Å². The fourth-order valence-electron chi connectivity index (χ4n) is 2.08. The number of hydrogen-bond donors (Lipinski definition) is 1. The Balaban J connectivity index is 2.62. The lowest BCUT2D eigenvalue weighted by Gasteiger charge is -2.35. The van der Waals surface area contributed by atoms with Gasteiger partial charge in [-0.2, -0.15) is 0 Å². The molecule has 0 spiro atoms. The Bertz CT molecular complexity index is 240. The summed E-state index contributed by atoms with van der Waals surface area (Å²) in [6.07, 6.45) is 1.45. The van der Waals surface area contributed by atoms with Crippen molar-refractivity contribution in [3.8, 4) is 0 Å². The van der Waals surface area contributed by atoms with E-state index in [1.165, 1.54) is 0 Å². The Morgan fingerprint density at radius 1 is 1.57 bits per heavy atom. The highest BCUT2D eigenvalue weighted by Crippen LogP contribution is 2.28. The summed E-state index contributed by atoms with van der Waals surface area (Å²) in [5.41, 5.74) is 0. The molecule has 1 fully saturated rings. The van der Waals surface area contributed by atoms with Crippen LogP contribution in [0, 0.1) is 11.8 Å². The molecule has 1 rings (SSSR count). The first kappa shape index (κ1) is 11.0. The van der Waals surface area contributed by atoms with Gasteiger partial charge >= 0.3 is 5.97 Å². The van der Waals surface area contributed by atoms with E-state index in [-0.39, 0.29) is 18.2 Å². The van der Waals surface area contributed by atoms with Crippen molar-refractivity contribution >= 4 is 11.9 Å².